The number of ether oxygens (including phenoxy) is 4. The summed E-state index contributed by atoms with van der Waals surface area (Å²) in [5.74, 6) is -2.51. The van der Waals surface area contributed by atoms with Crippen LogP contribution in [0.5, 0.6) is 11.5 Å². The molecule has 0 spiro atoms. The molecule has 1 aromatic carbocycles. The Kier molecular flexibility index (Phi) is 7.66. The van der Waals surface area contributed by atoms with E-state index in [0.717, 1.165) is 19.2 Å². The summed E-state index contributed by atoms with van der Waals surface area (Å²) in [6.45, 7) is -0.367. The average Bonchev–Trinajstić information content (AvgIpc) is 2.64. The van der Waals surface area contributed by atoms with Crippen molar-refractivity contribution in [1.82, 2.24) is 0 Å². The maximum atomic E-state index is 12.0. The van der Waals surface area contributed by atoms with Gasteiger partial charge in [-0.3, -0.25) is 4.79 Å². The number of phenols is 2. The van der Waals surface area contributed by atoms with Gasteiger partial charge >= 0.3 is 18.1 Å². The second-order valence-corrected chi connectivity index (χ2v) is 5.44. The van der Waals surface area contributed by atoms with Crippen LogP contribution in [0, 0.1) is 5.41 Å². The van der Waals surface area contributed by atoms with Crippen LogP contribution in [0.2, 0.25) is 0 Å². The first-order chi connectivity index (χ1) is 12.2. The molecule has 10 nitrogen and oxygen atoms in total. The third-order valence-corrected chi connectivity index (χ3v) is 3.28. The van der Waals surface area contributed by atoms with E-state index in [1.807, 2.05) is 0 Å². The van der Waals surface area contributed by atoms with E-state index in [2.05, 4.69) is 9.47 Å². The van der Waals surface area contributed by atoms with Gasteiger partial charge in [0, 0.05) is 0 Å². The normalized spacial score (nSPS) is 12.6. The number of aliphatic hydroxyl groups excluding tert-OH is 1. The minimum absolute atomic E-state index is 0.00157. The zero-order valence-corrected chi connectivity index (χ0v) is 14.3. The zero-order chi connectivity index (χ0) is 19.7. The molecular formula is C16H20O10. The van der Waals surface area contributed by atoms with Crippen LogP contribution in [0.1, 0.15) is 17.3 Å². The van der Waals surface area contributed by atoms with Gasteiger partial charge < -0.3 is 34.3 Å². The fourth-order valence-electron chi connectivity index (χ4n) is 1.62. The molecule has 0 saturated carbocycles. The van der Waals surface area contributed by atoms with Crippen LogP contribution in [-0.2, 0) is 23.7 Å². The first-order valence-corrected chi connectivity index (χ1v) is 7.41. The summed E-state index contributed by atoms with van der Waals surface area (Å²) in [4.78, 5) is 34.7. The highest BCUT2D eigenvalue weighted by molar-refractivity contribution is 5.90. The molecule has 1 atom stereocenters. The largest absolute Gasteiger partial charge is 0.508 e. The van der Waals surface area contributed by atoms with E-state index >= 15 is 0 Å². The fraction of sp³-hybridized carbons (Fsp3) is 0.438. The van der Waals surface area contributed by atoms with Gasteiger partial charge in [0.05, 0.1) is 19.3 Å². The Labute approximate surface area is 148 Å². The van der Waals surface area contributed by atoms with Crippen LogP contribution in [0.15, 0.2) is 18.2 Å². The molecule has 26 heavy (non-hydrogen) atoms. The van der Waals surface area contributed by atoms with Crippen molar-refractivity contribution in [3.8, 4) is 11.5 Å². The van der Waals surface area contributed by atoms with Gasteiger partial charge in [-0.2, -0.15) is 0 Å². The number of hydrogen-bond donors (Lipinski definition) is 3. The summed E-state index contributed by atoms with van der Waals surface area (Å²) in [6.07, 6.45) is -1.01. The fourth-order valence-corrected chi connectivity index (χ4v) is 1.62. The highest BCUT2D eigenvalue weighted by atomic mass is 16.7. The minimum atomic E-state index is -1.50. The summed E-state index contributed by atoms with van der Waals surface area (Å²) >= 11 is 0. The molecule has 144 valence electrons. The quantitative estimate of drug-likeness (QED) is 0.256. The molecule has 0 aromatic heterocycles. The van der Waals surface area contributed by atoms with Crippen molar-refractivity contribution in [1.29, 1.82) is 0 Å². The van der Waals surface area contributed by atoms with Gasteiger partial charge in [-0.1, -0.05) is 0 Å². The van der Waals surface area contributed by atoms with E-state index in [1.54, 1.807) is 0 Å². The van der Waals surface area contributed by atoms with Crippen LogP contribution in [0.3, 0.4) is 0 Å². The zero-order valence-electron chi connectivity index (χ0n) is 14.3. The average molecular weight is 372 g/mol. The summed E-state index contributed by atoms with van der Waals surface area (Å²) in [5, 5.41) is 27.8. The molecule has 1 aromatic rings. The van der Waals surface area contributed by atoms with Crippen molar-refractivity contribution >= 4 is 18.1 Å². The van der Waals surface area contributed by atoms with Gasteiger partial charge in [-0.05, 0) is 25.1 Å². The molecule has 3 N–H and O–H groups in total. The van der Waals surface area contributed by atoms with Crippen LogP contribution < -0.4 is 0 Å². The van der Waals surface area contributed by atoms with Crippen molar-refractivity contribution < 1.29 is 48.7 Å². The second-order valence-electron chi connectivity index (χ2n) is 5.44. The lowest BCUT2D eigenvalue weighted by Crippen LogP contribution is -2.39. The maximum absolute atomic E-state index is 12.0. The smallest absolute Gasteiger partial charge is 0.504 e. The number of aliphatic hydroxyl groups is 1. The number of carbonyl (C=O) groups is 3. The predicted octanol–water partition coefficient (Wildman–Crippen LogP) is 0.579. The lowest BCUT2D eigenvalue weighted by atomic mass is 9.93. The number of carbonyl (C=O) groups excluding carboxylic acids is 3. The Bertz CT molecular complexity index is 656. The van der Waals surface area contributed by atoms with Gasteiger partial charge in [-0.15, -0.1) is 0 Å². The van der Waals surface area contributed by atoms with E-state index in [-0.39, 0.29) is 24.5 Å². The van der Waals surface area contributed by atoms with Crippen molar-refractivity contribution in [3.05, 3.63) is 23.8 Å². The topological polar surface area (TPSA) is 149 Å². The van der Waals surface area contributed by atoms with E-state index in [4.69, 9.17) is 9.47 Å². The summed E-state index contributed by atoms with van der Waals surface area (Å²) in [6, 6.07) is 3.40. The second kappa shape index (κ2) is 9.47. The molecule has 0 radical (unpaired) electrons. The third kappa shape index (κ3) is 5.81. The van der Waals surface area contributed by atoms with Crippen molar-refractivity contribution in [3.63, 3.8) is 0 Å². The molecule has 10 heteroatoms. The molecule has 1 rings (SSSR count). The van der Waals surface area contributed by atoms with Crippen LogP contribution in [-0.4, -0.2) is 67.0 Å². The predicted molar refractivity (Wildman–Crippen MR) is 84.6 cm³/mol. The summed E-state index contributed by atoms with van der Waals surface area (Å²) < 4.78 is 18.7. The number of hydrogen-bond acceptors (Lipinski definition) is 10. The lowest BCUT2D eigenvalue weighted by molar-refractivity contribution is -0.161. The first kappa shape index (κ1) is 21.0. The molecule has 0 fully saturated rings. The van der Waals surface area contributed by atoms with Gasteiger partial charge in [0.2, 0.25) is 0 Å². The Morgan fingerprint density at radius 2 is 1.69 bits per heavy atom. The van der Waals surface area contributed by atoms with Crippen molar-refractivity contribution in [2.75, 3.05) is 33.5 Å². The van der Waals surface area contributed by atoms with Crippen molar-refractivity contribution in [2.24, 2.45) is 5.41 Å². The number of benzene rings is 1. The van der Waals surface area contributed by atoms with Gasteiger partial charge in [0.25, 0.3) is 0 Å². The number of esters is 2. The van der Waals surface area contributed by atoms with Gasteiger partial charge in [-0.25, -0.2) is 9.59 Å². The summed E-state index contributed by atoms with van der Waals surface area (Å²) in [5.41, 5.74) is -1.50. The minimum Gasteiger partial charge on any atom is -0.504 e. The molecule has 0 aliphatic heterocycles. The molecule has 1 unspecified atom stereocenters. The standard InChI is InChI=1S/C16H20O10/c1-16(8-17,9-26-15(22)23-2)14(21)25-6-5-24-13(20)10-3-4-11(18)12(19)7-10/h3-4,7,17-19H,5-6,8-9H2,1-2H3. The molecule has 0 amide bonds. The van der Waals surface area contributed by atoms with Crippen LogP contribution in [0.25, 0.3) is 0 Å². The Morgan fingerprint density at radius 3 is 2.27 bits per heavy atom. The molecule has 0 aliphatic rings. The van der Waals surface area contributed by atoms with E-state index < -0.39 is 42.5 Å². The molecule has 0 heterocycles. The van der Waals surface area contributed by atoms with Gasteiger partial charge in [0.15, 0.2) is 11.5 Å². The number of rotatable bonds is 8. The lowest BCUT2D eigenvalue weighted by Gasteiger charge is -2.24. The molecule has 0 bridgehead atoms. The van der Waals surface area contributed by atoms with Crippen LogP contribution >= 0.6 is 0 Å². The highest BCUT2D eigenvalue weighted by Crippen LogP contribution is 2.25. The summed E-state index contributed by atoms with van der Waals surface area (Å²) in [7, 11) is 1.10. The van der Waals surface area contributed by atoms with E-state index in [0.29, 0.717) is 0 Å². The maximum Gasteiger partial charge on any atom is 0.508 e. The Balaban J connectivity index is 2.45. The third-order valence-electron chi connectivity index (χ3n) is 3.28. The monoisotopic (exact) mass is 372 g/mol. The van der Waals surface area contributed by atoms with Crippen LogP contribution in [0.4, 0.5) is 4.79 Å². The molecule has 0 aliphatic carbocycles. The first-order valence-electron chi connectivity index (χ1n) is 7.41. The SMILES string of the molecule is COC(=O)OCC(C)(CO)C(=O)OCCOC(=O)c1ccc(O)c(O)c1. The number of phenolic OH excluding ortho intramolecular Hbond substituents is 2. The molecule has 0 saturated heterocycles. The van der Waals surface area contributed by atoms with E-state index in [1.165, 1.54) is 13.0 Å². The van der Waals surface area contributed by atoms with E-state index in [9.17, 15) is 29.7 Å². The Hall–Kier alpha value is -3.01. The number of methoxy groups -OCH3 is 1. The van der Waals surface area contributed by atoms with Crippen molar-refractivity contribution in [2.45, 2.75) is 6.92 Å². The highest BCUT2D eigenvalue weighted by Gasteiger charge is 2.36. The van der Waals surface area contributed by atoms with Gasteiger partial charge in [0.1, 0.15) is 25.2 Å². The number of aromatic hydroxyl groups is 2. The molecular weight excluding hydrogens is 352 g/mol. The Morgan fingerprint density at radius 1 is 1.04 bits per heavy atom.